The lowest BCUT2D eigenvalue weighted by molar-refractivity contribution is 0.196. The molecule has 1 unspecified atom stereocenters. The van der Waals surface area contributed by atoms with Gasteiger partial charge in [0.25, 0.3) is 0 Å². The van der Waals surface area contributed by atoms with E-state index in [1.807, 2.05) is 25.1 Å². The predicted molar refractivity (Wildman–Crippen MR) is 77.4 cm³/mol. The molecule has 2 rings (SSSR count). The summed E-state index contributed by atoms with van der Waals surface area (Å²) in [4.78, 5) is 12.4. The molecule has 0 radical (unpaired) electrons. The minimum atomic E-state index is -0.583. The van der Waals surface area contributed by atoms with Gasteiger partial charge in [0.05, 0.1) is 6.10 Å². The highest BCUT2D eigenvalue weighted by Crippen LogP contribution is 2.33. The Morgan fingerprint density at radius 3 is 2.95 bits per heavy atom. The summed E-state index contributed by atoms with van der Waals surface area (Å²) in [6.45, 7) is 4.15. The molecule has 102 valence electrons. The summed E-state index contributed by atoms with van der Waals surface area (Å²) < 4.78 is 2.46. The van der Waals surface area contributed by atoms with Crippen molar-refractivity contribution in [2.24, 2.45) is 0 Å². The second kappa shape index (κ2) is 5.94. The van der Waals surface area contributed by atoms with Gasteiger partial charge in [0.15, 0.2) is 5.16 Å². The van der Waals surface area contributed by atoms with Gasteiger partial charge in [0.2, 0.25) is 0 Å². The molecule has 2 N–H and O–H groups in total. The third kappa shape index (κ3) is 3.10. The Morgan fingerprint density at radius 1 is 1.58 bits per heavy atom. The minimum absolute atomic E-state index is 0.222. The zero-order chi connectivity index (χ0) is 14.0. The normalized spacial score (nSPS) is 12.6. The number of hydrogen-bond donors (Lipinski definition) is 2. The van der Waals surface area contributed by atoms with E-state index < -0.39 is 6.10 Å². The lowest BCUT2D eigenvalue weighted by Crippen LogP contribution is -2.16. The largest absolute Gasteiger partial charge is 0.389 e. The topological polar surface area (TPSA) is 70.9 Å². The van der Waals surface area contributed by atoms with Crippen LogP contribution in [-0.4, -0.2) is 19.9 Å². The first-order valence-electron chi connectivity index (χ1n) is 5.83. The fourth-order valence-corrected chi connectivity index (χ4v) is 3.17. The minimum Gasteiger partial charge on any atom is -0.389 e. The van der Waals surface area contributed by atoms with Gasteiger partial charge in [-0.1, -0.05) is 15.9 Å². The van der Waals surface area contributed by atoms with Crippen LogP contribution in [0.5, 0.6) is 0 Å². The number of aromatic amines is 1. The van der Waals surface area contributed by atoms with E-state index in [1.165, 1.54) is 11.8 Å². The molecule has 1 heterocycles. The average Bonchev–Trinajstić information content (AvgIpc) is 2.71. The maximum absolute atomic E-state index is 11.5. The molecule has 0 saturated heterocycles. The molecule has 0 amide bonds. The van der Waals surface area contributed by atoms with E-state index >= 15 is 0 Å². The quantitative estimate of drug-likeness (QED) is 0.894. The first-order chi connectivity index (χ1) is 9.02. The molecule has 2 aromatic rings. The van der Waals surface area contributed by atoms with Crippen LogP contribution in [0.15, 0.2) is 37.5 Å². The van der Waals surface area contributed by atoms with Crippen molar-refractivity contribution in [2.75, 3.05) is 0 Å². The maximum atomic E-state index is 11.5. The summed E-state index contributed by atoms with van der Waals surface area (Å²) in [7, 11) is 0. The van der Waals surface area contributed by atoms with Crippen LogP contribution in [0, 0.1) is 0 Å². The van der Waals surface area contributed by atoms with Gasteiger partial charge >= 0.3 is 5.69 Å². The number of aromatic nitrogens is 3. The van der Waals surface area contributed by atoms with Gasteiger partial charge in [-0.2, -0.15) is 0 Å². The van der Waals surface area contributed by atoms with Crippen LogP contribution < -0.4 is 5.69 Å². The van der Waals surface area contributed by atoms with Crippen molar-refractivity contribution in [3.8, 4) is 0 Å². The monoisotopic (exact) mass is 343 g/mol. The van der Waals surface area contributed by atoms with E-state index in [2.05, 4.69) is 26.1 Å². The summed E-state index contributed by atoms with van der Waals surface area (Å²) in [5, 5.41) is 16.8. The van der Waals surface area contributed by atoms with E-state index in [4.69, 9.17) is 0 Å². The van der Waals surface area contributed by atoms with Crippen molar-refractivity contribution < 1.29 is 5.11 Å². The molecular formula is C12H14BrN3O2S. The molecule has 0 aliphatic rings. The molecule has 0 spiro atoms. The van der Waals surface area contributed by atoms with Crippen LogP contribution in [-0.2, 0) is 6.54 Å². The van der Waals surface area contributed by atoms with Gasteiger partial charge in [0, 0.05) is 15.9 Å². The van der Waals surface area contributed by atoms with Crippen molar-refractivity contribution in [3.63, 3.8) is 0 Å². The molecule has 0 aliphatic heterocycles. The molecule has 1 aromatic carbocycles. The highest BCUT2D eigenvalue weighted by molar-refractivity contribution is 9.10. The number of nitrogens with zero attached hydrogens (tertiary/aromatic N) is 2. The lowest BCUT2D eigenvalue weighted by Gasteiger charge is -2.11. The molecule has 1 aromatic heterocycles. The molecule has 5 nitrogen and oxygen atoms in total. The van der Waals surface area contributed by atoms with Crippen molar-refractivity contribution in [2.45, 2.75) is 36.5 Å². The Labute approximate surface area is 123 Å². The third-order valence-electron chi connectivity index (χ3n) is 2.66. The van der Waals surface area contributed by atoms with Crippen molar-refractivity contribution in [3.05, 3.63) is 38.7 Å². The molecule has 0 fully saturated rings. The fourth-order valence-electron chi connectivity index (χ4n) is 1.70. The third-order valence-corrected chi connectivity index (χ3v) is 4.24. The Balaban J connectivity index is 2.40. The Bertz CT molecular complexity index is 636. The van der Waals surface area contributed by atoms with Gasteiger partial charge in [-0.15, -0.1) is 5.10 Å². The SMILES string of the molecule is CCn1c(Sc2ccc(Br)cc2C(C)O)n[nH]c1=O. The van der Waals surface area contributed by atoms with Gasteiger partial charge < -0.3 is 5.11 Å². The number of nitrogens with one attached hydrogen (secondary N) is 1. The van der Waals surface area contributed by atoms with Gasteiger partial charge in [-0.25, -0.2) is 9.89 Å². The van der Waals surface area contributed by atoms with Gasteiger partial charge in [0.1, 0.15) is 0 Å². The highest BCUT2D eigenvalue weighted by Gasteiger charge is 2.14. The summed E-state index contributed by atoms with van der Waals surface area (Å²) in [5.74, 6) is 0. The molecule has 0 bridgehead atoms. The van der Waals surface area contributed by atoms with Crippen molar-refractivity contribution >= 4 is 27.7 Å². The standard InChI is InChI=1S/C12H14BrN3O2S/c1-3-16-11(18)14-15-12(16)19-10-5-4-8(13)6-9(10)7(2)17/h4-7,17H,3H2,1-2H3,(H,14,18). The number of aliphatic hydroxyl groups excluding tert-OH is 1. The summed E-state index contributed by atoms with van der Waals surface area (Å²) in [6.07, 6.45) is -0.583. The number of H-pyrrole nitrogens is 1. The van der Waals surface area contributed by atoms with E-state index in [0.717, 1.165) is 14.9 Å². The second-order valence-electron chi connectivity index (χ2n) is 4.02. The predicted octanol–water partition coefficient (Wildman–Crippen LogP) is 2.56. The second-order valence-corrected chi connectivity index (χ2v) is 5.94. The smallest absolute Gasteiger partial charge is 0.343 e. The van der Waals surface area contributed by atoms with Crippen LogP contribution in [0.4, 0.5) is 0 Å². The van der Waals surface area contributed by atoms with Gasteiger partial charge in [-0.3, -0.25) is 4.57 Å². The first kappa shape index (κ1) is 14.4. The van der Waals surface area contributed by atoms with Crippen LogP contribution in [0.3, 0.4) is 0 Å². The molecule has 0 saturated carbocycles. The van der Waals surface area contributed by atoms with Gasteiger partial charge in [-0.05, 0) is 49.4 Å². The number of benzene rings is 1. The van der Waals surface area contributed by atoms with E-state index in [1.54, 1.807) is 11.5 Å². The summed E-state index contributed by atoms with van der Waals surface area (Å²) in [5.41, 5.74) is 0.582. The van der Waals surface area contributed by atoms with Crippen molar-refractivity contribution in [1.29, 1.82) is 0 Å². The average molecular weight is 344 g/mol. The summed E-state index contributed by atoms with van der Waals surface area (Å²) >= 11 is 4.75. The number of halogens is 1. The number of rotatable bonds is 4. The molecule has 7 heteroatoms. The Morgan fingerprint density at radius 2 is 2.32 bits per heavy atom. The van der Waals surface area contributed by atoms with Crippen LogP contribution in [0.25, 0.3) is 0 Å². The van der Waals surface area contributed by atoms with E-state index in [9.17, 15) is 9.90 Å². The van der Waals surface area contributed by atoms with Crippen LogP contribution in [0.1, 0.15) is 25.5 Å². The van der Waals surface area contributed by atoms with Crippen molar-refractivity contribution in [1.82, 2.24) is 14.8 Å². The zero-order valence-electron chi connectivity index (χ0n) is 10.6. The summed E-state index contributed by atoms with van der Waals surface area (Å²) in [6, 6.07) is 5.67. The van der Waals surface area contributed by atoms with Crippen LogP contribution in [0.2, 0.25) is 0 Å². The van der Waals surface area contributed by atoms with Crippen LogP contribution >= 0.6 is 27.7 Å². The highest BCUT2D eigenvalue weighted by atomic mass is 79.9. The Kier molecular flexibility index (Phi) is 4.49. The Hall–Kier alpha value is -1.05. The lowest BCUT2D eigenvalue weighted by atomic mass is 10.1. The first-order valence-corrected chi connectivity index (χ1v) is 7.44. The fraction of sp³-hybridized carbons (Fsp3) is 0.333. The molecular weight excluding hydrogens is 330 g/mol. The maximum Gasteiger partial charge on any atom is 0.343 e. The molecule has 19 heavy (non-hydrogen) atoms. The van der Waals surface area contributed by atoms with E-state index in [-0.39, 0.29) is 5.69 Å². The molecule has 0 aliphatic carbocycles. The number of aliphatic hydroxyl groups is 1. The van der Waals surface area contributed by atoms with E-state index in [0.29, 0.717) is 11.7 Å². The molecule has 1 atom stereocenters. The number of hydrogen-bond acceptors (Lipinski definition) is 4. The zero-order valence-corrected chi connectivity index (χ0v) is 13.0.